The van der Waals surface area contributed by atoms with Crippen LogP contribution in [-0.4, -0.2) is 24.4 Å². The lowest BCUT2D eigenvalue weighted by Gasteiger charge is -2.17. The van der Waals surface area contributed by atoms with Crippen LogP contribution >= 0.6 is 11.6 Å². The van der Waals surface area contributed by atoms with Gasteiger partial charge in [-0.1, -0.05) is 29.8 Å². The molecule has 1 N–H and O–H groups in total. The van der Waals surface area contributed by atoms with E-state index in [9.17, 15) is 14.0 Å². The summed E-state index contributed by atoms with van der Waals surface area (Å²) < 4.78 is 13.1. The van der Waals surface area contributed by atoms with Gasteiger partial charge in [0.05, 0.1) is 5.02 Å². The Morgan fingerprint density at radius 3 is 2.65 bits per heavy atom. The maximum atomic E-state index is 13.1. The SMILES string of the molecule is O=C(N[C@H]1CCN(c2ccccc2)C1=O)c1ccc(F)c(Cl)c1. The number of nitrogens with one attached hydrogen (secondary N) is 1. The van der Waals surface area contributed by atoms with Crippen molar-refractivity contribution in [3.05, 3.63) is 64.9 Å². The van der Waals surface area contributed by atoms with Crippen molar-refractivity contribution in [2.24, 2.45) is 0 Å². The summed E-state index contributed by atoms with van der Waals surface area (Å²) in [6.07, 6.45) is 0.522. The fourth-order valence-electron chi connectivity index (χ4n) is 2.56. The lowest BCUT2D eigenvalue weighted by atomic mass is 10.2. The Hall–Kier alpha value is -2.40. The molecule has 3 rings (SSSR count). The van der Waals surface area contributed by atoms with Gasteiger partial charge in [-0.3, -0.25) is 9.59 Å². The van der Waals surface area contributed by atoms with Gasteiger partial charge < -0.3 is 10.2 Å². The molecule has 2 aromatic carbocycles. The van der Waals surface area contributed by atoms with Gasteiger partial charge in [0.1, 0.15) is 11.9 Å². The Kier molecular flexibility index (Phi) is 4.30. The highest BCUT2D eigenvalue weighted by atomic mass is 35.5. The minimum atomic E-state index is -0.591. The maximum Gasteiger partial charge on any atom is 0.251 e. The van der Waals surface area contributed by atoms with Crippen molar-refractivity contribution in [3.63, 3.8) is 0 Å². The number of carbonyl (C=O) groups excluding carboxylic acids is 2. The molecule has 0 spiro atoms. The maximum absolute atomic E-state index is 13.1. The molecule has 1 saturated heterocycles. The van der Waals surface area contributed by atoms with Gasteiger partial charge >= 0.3 is 0 Å². The zero-order valence-electron chi connectivity index (χ0n) is 12.1. The first-order chi connectivity index (χ1) is 11.1. The number of hydrogen-bond acceptors (Lipinski definition) is 2. The van der Waals surface area contributed by atoms with Crippen molar-refractivity contribution >= 4 is 29.1 Å². The minimum Gasteiger partial charge on any atom is -0.340 e. The van der Waals surface area contributed by atoms with Crippen LogP contribution in [0.2, 0.25) is 5.02 Å². The van der Waals surface area contributed by atoms with Gasteiger partial charge in [-0.15, -0.1) is 0 Å². The molecule has 0 aromatic heterocycles. The molecule has 118 valence electrons. The Bertz CT molecular complexity index is 752. The first-order valence-corrected chi connectivity index (χ1v) is 7.56. The second-order valence-electron chi connectivity index (χ2n) is 5.27. The van der Waals surface area contributed by atoms with Gasteiger partial charge in [-0.2, -0.15) is 0 Å². The fourth-order valence-corrected chi connectivity index (χ4v) is 2.74. The van der Waals surface area contributed by atoms with Crippen molar-refractivity contribution in [2.75, 3.05) is 11.4 Å². The Balaban J connectivity index is 1.70. The van der Waals surface area contributed by atoms with Crippen molar-refractivity contribution in [1.82, 2.24) is 5.32 Å². The third-order valence-corrected chi connectivity index (χ3v) is 4.05. The van der Waals surface area contributed by atoms with Crippen molar-refractivity contribution in [1.29, 1.82) is 0 Å². The third-order valence-electron chi connectivity index (χ3n) is 3.76. The number of benzene rings is 2. The highest BCUT2D eigenvalue weighted by Gasteiger charge is 2.33. The molecule has 0 bridgehead atoms. The molecule has 1 fully saturated rings. The van der Waals surface area contributed by atoms with Crippen LogP contribution in [0.15, 0.2) is 48.5 Å². The van der Waals surface area contributed by atoms with E-state index < -0.39 is 17.8 Å². The van der Waals surface area contributed by atoms with Gasteiger partial charge in [-0.25, -0.2) is 4.39 Å². The highest BCUT2D eigenvalue weighted by Crippen LogP contribution is 2.22. The van der Waals surface area contributed by atoms with Crippen molar-refractivity contribution < 1.29 is 14.0 Å². The third kappa shape index (κ3) is 3.19. The monoisotopic (exact) mass is 332 g/mol. The van der Waals surface area contributed by atoms with Gasteiger partial charge in [0.2, 0.25) is 5.91 Å². The summed E-state index contributed by atoms with van der Waals surface area (Å²) in [6, 6.07) is 12.4. The molecule has 0 unspecified atom stereocenters. The minimum absolute atomic E-state index is 0.124. The largest absolute Gasteiger partial charge is 0.340 e. The Morgan fingerprint density at radius 2 is 1.96 bits per heavy atom. The molecule has 2 aromatic rings. The van der Waals surface area contributed by atoms with Gasteiger partial charge in [0.15, 0.2) is 0 Å². The zero-order valence-corrected chi connectivity index (χ0v) is 12.9. The number of anilines is 1. The lowest BCUT2D eigenvalue weighted by molar-refractivity contribution is -0.118. The number of nitrogens with zero attached hydrogens (tertiary/aromatic N) is 1. The van der Waals surface area contributed by atoms with Gasteiger partial charge in [0, 0.05) is 17.8 Å². The van der Waals surface area contributed by atoms with Crippen molar-refractivity contribution in [3.8, 4) is 0 Å². The molecule has 1 aliphatic heterocycles. The number of rotatable bonds is 3. The van der Waals surface area contributed by atoms with E-state index in [1.165, 1.54) is 12.1 Å². The molecule has 6 heteroatoms. The quantitative estimate of drug-likeness (QED) is 0.939. The predicted octanol–water partition coefficient (Wildman–Crippen LogP) is 3.01. The normalized spacial score (nSPS) is 17.4. The fraction of sp³-hybridized carbons (Fsp3) is 0.176. The summed E-state index contributed by atoms with van der Waals surface area (Å²) in [5.41, 5.74) is 1.03. The first-order valence-electron chi connectivity index (χ1n) is 7.18. The molecule has 1 atom stereocenters. The summed E-state index contributed by atoms with van der Waals surface area (Å²) in [4.78, 5) is 26.3. The van der Waals surface area contributed by atoms with E-state index in [-0.39, 0.29) is 16.5 Å². The van der Waals surface area contributed by atoms with Crippen LogP contribution in [0.4, 0.5) is 10.1 Å². The smallest absolute Gasteiger partial charge is 0.251 e. The van der Waals surface area contributed by atoms with E-state index in [1.807, 2.05) is 30.3 Å². The number of amides is 2. The van der Waals surface area contributed by atoms with Gasteiger partial charge in [-0.05, 0) is 36.8 Å². The average Bonchev–Trinajstić information content (AvgIpc) is 2.92. The molecular formula is C17H14ClFN2O2. The van der Waals surface area contributed by atoms with Crippen molar-refractivity contribution in [2.45, 2.75) is 12.5 Å². The van der Waals surface area contributed by atoms with Crippen LogP contribution in [0.25, 0.3) is 0 Å². The van der Waals surface area contributed by atoms with E-state index in [4.69, 9.17) is 11.6 Å². The molecule has 0 radical (unpaired) electrons. The van der Waals surface area contributed by atoms with Crippen LogP contribution in [0.3, 0.4) is 0 Å². The molecular weight excluding hydrogens is 319 g/mol. The number of halogens is 2. The molecule has 0 aliphatic carbocycles. The van der Waals surface area contributed by atoms with Gasteiger partial charge in [0.25, 0.3) is 5.91 Å². The Labute approximate surface area is 137 Å². The van der Waals surface area contributed by atoms with E-state index in [1.54, 1.807) is 4.90 Å². The highest BCUT2D eigenvalue weighted by molar-refractivity contribution is 6.31. The second kappa shape index (κ2) is 6.38. The summed E-state index contributed by atoms with van der Waals surface area (Å²) in [5.74, 6) is -1.19. The zero-order chi connectivity index (χ0) is 16.4. The first kappa shape index (κ1) is 15.5. The van der Waals surface area contributed by atoms with E-state index in [2.05, 4.69) is 5.32 Å². The van der Waals surface area contributed by atoms with E-state index in [0.717, 1.165) is 11.8 Å². The van der Waals surface area contributed by atoms with Crippen LogP contribution in [0.5, 0.6) is 0 Å². The summed E-state index contributed by atoms with van der Waals surface area (Å²) >= 11 is 5.68. The van der Waals surface area contributed by atoms with Crippen LogP contribution in [0.1, 0.15) is 16.8 Å². The number of hydrogen-bond donors (Lipinski definition) is 1. The number of carbonyl (C=O) groups is 2. The standard InChI is InChI=1S/C17H14ClFN2O2/c18-13-10-11(6-7-14(13)19)16(22)20-15-8-9-21(17(15)23)12-4-2-1-3-5-12/h1-7,10,15H,8-9H2,(H,20,22)/t15-/m0/s1. The molecule has 2 amide bonds. The lowest BCUT2D eigenvalue weighted by Crippen LogP contribution is -2.41. The van der Waals surface area contributed by atoms with E-state index in [0.29, 0.717) is 13.0 Å². The summed E-state index contributed by atoms with van der Waals surface area (Å²) in [6.45, 7) is 0.540. The molecule has 1 heterocycles. The second-order valence-corrected chi connectivity index (χ2v) is 5.68. The Morgan fingerprint density at radius 1 is 1.22 bits per heavy atom. The van der Waals surface area contributed by atoms with E-state index >= 15 is 0 Å². The van der Waals surface area contributed by atoms with Crippen LogP contribution < -0.4 is 10.2 Å². The molecule has 23 heavy (non-hydrogen) atoms. The number of para-hydroxylation sites is 1. The molecule has 4 nitrogen and oxygen atoms in total. The molecule has 1 aliphatic rings. The summed E-state index contributed by atoms with van der Waals surface area (Å²) in [5, 5.41) is 2.56. The van der Waals surface area contributed by atoms with Crippen LogP contribution in [-0.2, 0) is 4.79 Å². The predicted molar refractivity (Wildman–Crippen MR) is 86.1 cm³/mol. The topological polar surface area (TPSA) is 49.4 Å². The van der Waals surface area contributed by atoms with Crippen LogP contribution in [0, 0.1) is 5.82 Å². The summed E-state index contributed by atoms with van der Waals surface area (Å²) in [7, 11) is 0. The average molecular weight is 333 g/mol. The molecule has 0 saturated carbocycles.